The predicted molar refractivity (Wildman–Crippen MR) is 115 cm³/mol. The van der Waals surface area contributed by atoms with Crippen molar-refractivity contribution in [3.63, 3.8) is 0 Å². The Morgan fingerprint density at radius 3 is 2.74 bits per heavy atom. The molecule has 1 atom stereocenters. The first kappa shape index (κ1) is 20.9. The highest BCUT2D eigenvalue weighted by Gasteiger charge is 2.33. The number of thioether (sulfide) groups is 1. The summed E-state index contributed by atoms with van der Waals surface area (Å²) in [5.74, 6) is 0.342. The van der Waals surface area contributed by atoms with Gasteiger partial charge in [-0.2, -0.15) is 0 Å². The van der Waals surface area contributed by atoms with Crippen molar-refractivity contribution in [2.45, 2.75) is 32.0 Å². The molecule has 0 spiro atoms. The first-order valence-electron chi connectivity index (χ1n) is 9.82. The van der Waals surface area contributed by atoms with Crippen LogP contribution in [0.4, 0.5) is 4.79 Å². The van der Waals surface area contributed by atoms with E-state index in [1.54, 1.807) is 6.92 Å². The maximum Gasteiger partial charge on any atom is 0.338 e. The van der Waals surface area contributed by atoms with Gasteiger partial charge in [0.15, 0.2) is 5.16 Å². The third-order valence-corrected chi connectivity index (χ3v) is 5.75. The van der Waals surface area contributed by atoms with Crippen molar-refractivity contribution in [1.29, 1.82) is 0 Å². The molecule has 160 valence electrons. The fourth-order valence-electron chi connectivity index (χ4n) is 3.51. The number of fused-ring (bicyclic) bond motifs is 1. The maximum atomic E-state index is 12.8. The number of aryl methyl sites for hydroxylation is 2. The van der Waals surface area contributed by atoms with Crippen molar-refractivity contribution < 1.29 is 14.3 Å². The molecule has 1 aliphatic heterocycles. The van der Waals surface area contributed by atoms with Gasteiger partial charge in [-0.3, -0.25) is 4.40 Å². The number of amides is 2. The van der Waals surface area contributed by atoms with Crippen molar-refractivity contribution in [3.8, 4) is 0 Å². The van der Waals surface area contributed by atoms with Gasteiger partial charge in [0.2, 0.25) is 0 Å². The minimum atomic E-state index is -0.606. The van der Waals surface area contributed by atoms with Crippen molar-refractivity contribution in [2.24, 2.45) is 0 Å². The van der Waals surface area contributed by atoms with Gasteiger partial charge < -0.3 is 15.4 Å². The zero-order chi connectivity index (χ0) is 22.0. The molecule has 1 aromatic carbocycles. The first-order chi connectivity index (χ1) is 15.0. The minimum absolute atomic E-state index is 0.233. The molecule has 4 rings (SSSR count). The summed E-state index contributed by atoms with van der Waals surface area (Å²) in [5.41, 5.74) is 3.46. The summed E-state index contributed by atoms with van der Waals surface area (Å²) in [5, 5.41) is 14.6. The highest BCUT2D eigenvalue weighted by molar-refractivity contribution is 7.99. The van der Waals surface area contributed by atoms with Crippen LogP contribution in [-0.2, 0) is 9.53 Å². The van der Waals surface area contributed by atoms with Crippen LogP contribution in [0.2, 0.25) is 0 Å². The fourth-order valence-corrected chi connectivity index (χ4v) is 4.46. The van der Waals surface area contributed by atoms with E-state index in [0.717, 1.165) is 17.0 Å². The van der Waals surface area contributed by atoms with Gasteiger partial charge in [0.25, 0.3) is 5.78 Å². The van der Waals surface area contributed by atoms with Gasteiger partial charge in [-0.15, -0.1) is 10.2 Å². The molecule has 9 nitrogen and oxygen atoms in total. The normalized spacial score (nSPS) is 16.2. The van der Waals surface area contributed by atoms with E-state index in [1.165, 1.54) is 11.8 Å². The Labute approximate surface area is 183 Å². The van der Waals surface area contributed by atoms with Crippen molar-refractivity contribution in [2.75, 3.05) is 12.4 Å². The second-order valence-corrected chi connectivity index (χ2v) is 7.94. The summed E-state index contributed by atoms with van der Waals surface area (Å²) in [4.78, 5) is 29.6. The average molecular weight is 439 g/mol. The quantitative estimate of drug-likeness (QED) is 0.450. The van der Waals surface area contributed by atoms with E-state index in [1.807, 2.05) is 54.6 Å². The van der Waals surface area contributed by atoms with E-state index in [0.29, 0.717) is 28.0 Å². The van der Waals surface area contributed by atoms with Gasteiger partial charge in [-0.1, -0.05) is 42.1 Å². The molecule has 2 amide bonds. The molecule has 3 heterocycles. The van der Waals surface area contributed by atoms with Crippen LogP contribution in [0.5, 0.6) is 0 Å². The number of ether oxygens (including phenoxy) is 1. The molecule has 0 bridgehead atoms. The van der Waals surface area contributed by atoms with Crippen LogP contribution in [0.3, 0.4) is 0 Å². The van der Waals surface area contributed by atoms with Gasteiger partial charge in [0, 0.05) is 22.8 Å². The lowest BCUT2D eigenvalue weighted by atomic mass is 9.95. The number of carbonyl (C=O) groups is 2. The highest BCUT2D eigenvalue weighted by Crippen LogP contribution is 2.30. The molecule has 2 N–H and O–H groups in total. The average Bonchev–Trinajstić information content (AvgIpc) is 3.15. The number of aromatic nitrogens is 4. The topological polar surface area (TPSA) is 111 Å². The molecule has 0 unspecified atom stereocenters. The number of benzene rings is 1. The van der Waals surface area contributed by atoms with Gasteiger partial charge in [-0.05, 0) is 32.4 Å². The molecular weight excluding hydrogens is 416 g/mol. The summed E-state index contributed by atoms with van der Waals surface area (Å²) in [7, 11) is 0. The second kappa shape index (κ2) is 8.76. The number of esters is 1. The molecule has 1 aliphatic rings. The number of nitrogens with one attached hydrogen (secondary N) is 2. The molecule has 31 heavy (non-hydrogen) atoms. The standard InChI is InChI=1S/C21H22N6O3S/c1-4-30-18(28)16-15(23-20(29)24-17(16)14-8-6-5-7-9-14)11-31-21-26-25-19-22-12(2)10-13(3)27(19)21/h5-10,17H,4,11H2,1-3H3,(H2,23,24,29)/t17-/m1/s1. The van der Waals surface area contributed by atoms with Crippen molar-refractivity contribution in [3.05, 3.63) is 64.6 Å². The van der Waals surface area contributed by atoms with E-state index >= 15 is 0 Å². The number of rotatable bonds is 6. The number of nitrogens with zero attached hydrogens (tertiary/aromatic N) is 4. The number of carbonyl (C=O) groups excluding carboxylic acids is 2. The monoisotopic (exact) mass is 438 g/mol. The first-order valence-corrected chi connectivity index (χ1v) is 10.8. The zero-order valence-electron chi connectivity index (χ0n) is 17.4. The molecule has 0 fully saturated rings. The van der Waals surface area contributed by atoms with Gasteiger partial charge >= 0.3 is 12.0 Å². The Kier molecular flexibility index (Phi) is 5.90. The Bertz CT molecular complexity index is 1170. The smallest absolute Gasteiger partial charge is 0.338 e. The lowest BCUT2D eigenvalue weighted by molar-refractivity contribution is -0.139. The minimum Gasteiger partial charge on any atom is -0.463 e. The summed E-state index contributed by atoms with van der Waals surface area (Å²) in [6.07, 6.45) is 0. The largest absolute Gasteiger partial charge is 0.463 e. The molecule has 0 saturated heterocycles. The summed E-state index contributed by atoms with van der Waals surface area (Å²) in [6.45, 7) is 5.84. The third-order valence-electron chi connectivity index (χ3n) is 4.79. The van der Waals surface area contributed by atoms with E-state index in [2.05, 4.69) is 25.8 Å². The summed E-state index contributed by atoms with van der Waals surface area (Å²) < 4.78 is 7.14. The van der Waals surface area contributed by atoms with Gasteiger partial charge in [0.05, 0.1) is 18.2 Å². The van der Waals surface area contributed by atoms with Crippen LogP contribution >= 0.6 is 11.8 Å². The summed E-state index contributed by atoms with van der Waals surface area (Å²) >= 11 is 1.36. The lowest BCUT2D eigenvalue weighted by Gasteiger charge is -2.29. The molecule has 0 radical (unpaired) electrons. The van der Waals surface area contributed by atoms with Crippen LogP contribution in [0.25, 0.3) is 5.78 Å². The lowest BCUT2D eigenvalue weighted by Crippen LogP contribution is -2.46. The number of hydrogen-bond acceptors (Lipinski definition) is 7. The van der Waals surface area contributed by atoms with Crippen molar-refractivity contribution >= 4 is 29.5 Å². The van der Waals surface area contributed by atoms with Crippen LogP contribution in [0.15, 0.2) is 52.8 Å². The molecule has 0 saturated carbocycles. The van der Waals surface area contributed by atoms with E-state index in [9.17, 15) is 9.59 Å². The fraction of sp³-hybridized carbons (Fsp3) is 0.286. The van der Waals surface area contributed by atoms with E-state index < -0.39 is 12.0 Å². The van der Waals surface area contributed by atoms with Crippen molar-refractivity contribution in [1.82, 2.24) is 30.2 Å². The van der Waals surface area contributed by atoms with E-state index in [4.69, 9.17) is 4.74 Å². The Hall–Kier alpha value is -3.40. The molecular formula is C21H22N6O3S. The predicted octanol–water partition coefficient (Wildman–Crippen LogP) is 2.70. The van der Waals surface area contributed by atoms with Crippen LogP contribution in [0.1, 0.15) is 29.9 Å². The van der Waals surface area contributed by atoms with Crippen LogP contribution < -0.4 is 10.6 Å². The second-order valence-electron chi connectivity index (χ2n) is 7.00. The molecule has 3 aromatic rings. The zero-order valence-corrected chi connectivity index (χ0v) is 18.2. The van der Waals surface area contributed by atoms with Crippen LogP contribution in [0, 0.1) is 13.8 Å². The maximum absolute atomic E-state index is 12.8. The van der Waals surface area contributed by atoms with Crippen LogP contribution in [-0.4, -0.2) is 43.9 Å². The Morgan fingerprint density at radius 1 is 1.23 bits per heavy atom. The van der Waals surface area contributed by atoms with E-state index in [-0.39, 0.29) is 12.6 Å². The highest BCUT2D eigenvalue weighted by atomic mass is 32.2. The third kappa shape index (κ3) is 4.24. The number of urea groups is 1. The molecule has 0 aliphatic carbocycles. The summed E-state index contributed by atoms with van der Waals surface area (Å²) in [6, 6.07) is 10.3. The molecule has 10 heteroatoms. The SMILES string of the molecule is CCOC(=O)C1=C(CSc2nnc3nc(C)cc(C)n23)NC(=O)N[C@@H]1c1ccccc1. The Balaban J connectivity index is 1.71. The number of hydrogen-bond donors (Lipinski definition) is 2. The van der Waals surface area contributed by atoms with Gasteiger partial charge in [0.1, 0.15) is 0 Å². The van der Waals surface area contributed by atoms with Gasteiger partial charge in [-0.25, -0.2) is 14.6 Å². The Morgan fingerprint density at radius 2 is 2.00 bits per heavy atom. The molecule has 2 aromatic heterocycles.